The molecule has 27 heavy (non-hydrogen) atoms. The van der Waals surface area contributed by atoms with Gasteiger partial charge in [0.1, 0.15) is 0 Å². The standard InChI is InChI=1S/C19H19N5O2S/c1-4-24-16(15-6-5-11-25-15)20-23-19(24)27-13(3)17-21-22-18(26-17)14-9-7-12(2)8-10-14/h5-11,13H,4H2,1-3H3. The fourth-order valence-electron chi connectivity index (χ4n) is 2.67. The fraction of sp³-hybridized carbons (Fsp3) is 0.263. The topological polar surface area (TPSA) is 82.8 Å². The second-order valence-corrected chi connectivity index (χ2v) is 7.41. The Hall–Kier alpha value is -2.87. The molecule has 1 aromatic carbocycles. The van der Waals surface area contributed by atoms with Crippen molar-refractivity contribution in [1.82, 2.24) is 25.0 Å². The Morgan fingerprint density at radius 2 is 1.89 bits per heavy atom. The molecule has 0 fully saturated rings. The summed E-state index contributed by atoms with van der Waals surface area (Å²) in [6.07, 6.45) is 1.63. The summed E-state index contributed by atoms with van der Waals surface area (Å²) in [6, 6.07) is 11.7. The number of furan rings is 1. The number of nitrogens with zero attached hydrogens (tertiary/aromatic N) is 5. The minimum Gasteiger partial charge on any atom is -0.461 e. The van der Waals surface area contributed by atoms with Crippen molar-refractivity contribution in [1.29, 1.82) is 0 Å². The number of rotatable bonds is 6. The van der Waals surface area contributed by atoms with Gasteiger partial charge in [0.2, 0.25) is 11.8 Å². The van der Waals surface area contributed by atoms with Crippen LogP contribution in [-0.2, 0) is 6.54 Å². The van der Waals surface area contributed by atoms with Gasteiger partial charge in [-0.25, -0.2) is 0 Å². The van der Waals surface area contributed by atoms with E-state index in [2.05, 4.69) is 20.4 Å². The van der Waals surface area contributed by atoms with Crippen molar-refractivity contribution in [3.05, 3.63) is 54.1 Å². The van der Waals surface area contributed by atoms with E-state index >= 15 is 0 Å². The van der Waals surface area contributed by atoms with E-state index < -0.39 is 0 Å². The molecule has 138 valence electrons. The zero-order chi connectivity index (χ0) is 18.8. The van der Waals surface area contributed by atoms with Gasteiger partial charge < -0.3 is 8.83 Å². The van der Waals surface area contributed by atoms with Gasteiger partial charge in [-0.2, -0.15) is 0 Å². The molecule has 0 bridgehead atoms. The molecule has 0 saturated carbocycles. The van der Waals surface area contributed by atoms with Crippen molar-refractivity contribution >= 4 is 11.8 Å². The van der Waals surface area contributed by atoms with Crippen LogP contribution in [-0.4, -0.2) is 25.0 Å². The average Bonchev–Trinajstić information content (AvgIpc) is 3.42. The molecule has 3 aromatic heterocycles. The van der Waals surface area contributed by atoms with Crippen LogP contribution in [0.4, 0.5) is 0 Å². The molecule has 0 aliphatic carbocycles. The van der Waals surface area contributed by atoms with E-state index in [-0.39, 0.29) is 5.25 Å². The molecule has 0 spiro atoms. The highest BCUT2D eigenvalue weighted by Crippen LogP contribution is 2.35. The van der Waals surface area contributed by atoms with Gasteiger partial charge in [0.15, 0.2) is 16.7 Å². The lowest BCUT2D eigenvalue weighted by atomic mass is 10.1. The summed E-state index contributed by atoms with van der Waals surface area (Å²) in [5.41, 5.74) is 2.10. The number of aromatic nitrogens is 5. The lowest BCUT2D eigenvalue weighted by Crippen LogP contribution is -2.00. The number of hydrogen-bond acceptors (Lipinski definition) is 7. The molecular formula is C19H19N5O2S. The first kappa shape index (κ1) is 17.5. The van der Waals surface area contributed by atoms with Gasteiger partial charge in [-0.15, -0.1) is 20.4 Å². The molecule has 1 atom stereocenters. The van der Waals surface area contributed by atoms with E-state index in [9.17, 15) is 0 Å². The van der Waals surface area contributed by atoms with Crippen LogP contribution in [0, 0.1) is 6.92 Å². The van der Waals surface area contributed by atoms with E-state index in [1.807, 2.05) is 61.7 Å². The normalized spacial score (nSPS) is 12.4. The molecule has 0 N–H and O–H groups in total. The van der Waals surface area contributed by atoms with E-state index in [0.717, 1.165) is 17.3 Å². The van der Waals surface area contributed by atoms with Crippen molar-refractivity contribution in [3.8, 4) is 23.0 Å². The highest BCUT2D eigenvalue weighted by molar-refractivity contribution is 7.99. The third kappa shape index (κ3) is 3.52. The summed E-state index contributed by atoms with van der Waals surface area (Å²) < 4.78 is 13.3. The van der Waals surface area contributed by atoms with Crippen molar-refractivity contribution in [2.75, 3.05) is 0 Å². The monoisotopic (exact) mass is 381 g/mol. The fourth-order valence-corrected chi connectivity index (χ4v) is 3.61. The Morgan fingerprint density at radius 3 is 2.59 bits per heavy atom. The van der Waals surface area contributed by atoms with Crippen LogP contribution in [0.5, 0.6) is 0 Å². The molecule has 4 aromatic rings. The Bertz CT molecular complexity index is 1020. The summed E-state index contributed by atoms with van der Waals surface area (Å²) in [6.45, 7) is 6.84. The summed E-state index contributed by atoms with van der Waals surface area (Å²) in [5.74, 6) is 2.48. The number of hydrogen-bond donors (Lipinski definition) is 0. The third-order valence-corrected chi connectivity index (χ3v) is 5.21. The SMILES string of the molecule is CCn1c(SC(C)c2nnc(-c3ccc(C)cc3)o2)nnc1-c1ccco1. The molecule has 0 amide bonds. The molecule has 0 saturated heterocycles. The van der Waals surface area contributed by atoms with Crippen LogP contribution in [0.15, 0.2) is 56.7 Å². The Morgan fingerprint density at radius 1 is 1.07 bits per heavy atom. The van der Waals surface area contributed by atoms with Gasteiger partial charge in [-0.1, -0.05) is 29.5 Å². The molecule has 4 rings (SSSR count). The highest BCUT2D eigenvalue weighted by Gasteiger charge is 2.21. The van der Waals surface area contributed by atoms with Crippen LogP contribution in [0.1, 0.15) is 30.6 Å². The van der Waals surface area contributed by atoms with Crippen LogP contribution in [0.25, 0.3) is 23.0 Å². The first-order valence-corrected chi connectivity index (χ1v) is 9.58. The minimum atomic E-state index is -0.0596. The van der Waals surface area contributed by atoms with Crippen molar-refractivity contribution < 1.29 is 8.83 Å². The molecule has 0 aliphatic rings. The number of aryl methyl sites for hydroxylation is 1. The second kappa shape index (κ2) is 7.40. The van der Waals surface area contributed by atoms with Gasteiger partial charge >= 0.3 is 0 Å². The largest absolute Gasteiger partial charge is 0.461 e. The van der Waals surface area contributed by atoms with Crippen molar-refractivity contribution in [2.45, 2.75) is 37.7 Å². The highest BCUT2D eigenvalue weighted by atomic mass is 32.2. The molecule has 8 heteroatoms. The summed E-state index contributed by atoms with van der Waals surface area (Å²) >= 11 is 1.53. The van der Waals surface area contributed by atoms with Crippen LogP contribution < -0.4 is 0 Å². The summed E-state index contributed by atoms with van der Waals surface area (Å²) in [5, 5.41) is 17.7. The third-order valence-electron chi connectivity index (χ3n) is 4.14. The smallest absolute Gasteiger partial charge is 0.247 e. The van der Waals surface area contributed by atoms with Gasteiger partial charge in [0.25, 0.3) is 0 Å². The van der Waals surface area contributed by atoms with Crippen LogP contribution in [0.2, 0.25) is 0 Å². The zero-order valence-electron chi connectivity index (χ0n) is 15.3. The summed E-state index contributed by atoms with van der Waals surface area (Å²) in [7, 11) is 0. The Balaban J connectivity index is 1.55. The van der Waals surface area contributed by atoms with Crippen LogP contribution in [0.3, 0.4) is 0 Å². The van der Waals surface area contributed by atoms with Crippen LogP contribution >= 0.6 is 11.8 Å². The lowest BCUT2D eigenvalue weighted by Gasteiger charge is -2.08. The molecule has 0 aliphatic heterocycles. The maximum atomic E-state index is 5.88. The number of thioether (sulfide) groups is 1. The summed E-state index contributed by atoms with van der Waals surface area (Å²) in [4.78, 5) is 0. The van der Waals surface area contributed by atoms with Crippen molar-refractivity contribution in [3.63, 3.8) is 0 Å². The maximum Gasteiger partial charge on any atom is 0.247 e. The average molecular weight is 381 g/mol. The molecule has 3 heterocycles. The molecule has 1 unspecified atom stereocenters. The predicted octanol–water partition coefficient (Wildman–Crippen LogP) is 4.77. The number of benzene rings is 1. The molecular weight excluding hydrogens is 362 g/mol. The van der Waals surface area contributed by atoms with Gasteiger partial charge in [0.05, 0.1) is 11.5 Å². The van der Waals surface area contributed by atoms with Gasteiger partial charge in [-0.3, -0.25) is 4.57 Å². The Kier molecular flexibility index (Phi) is 4.81. The molecule has 7 nitrogen and oxygen atoms in total. The second-order valence-electron chi connectivity index (χ2n) is 6.10. The minimum absolute atomic E-state index is 0.0596. The Labute approximate surface area is 160 Å². The van der Waals surface area contributed by atoms with Gasteiger partial charge in [-0.05, 0) is 45.0 Å². The van der Waals surface area contributed by atoms with E-state index in [1.54, 1.807) is 6.26 Å². The first-order chi connectivity index (χ1) is 13.2. The van der Waals surface area contributed by atoms with Gasteiger partial charge in [0, 0.05) is 12.1 Å². The zero-order valence-corrected chi connectivity index (χ0v) is 16.1. The quantitative estimate of drug-likeness (QED) is 0.445. The van der Waals surface area contributed by atoms with Crippen molar-refractivity contribution in [2.24, 2.45) is 0 Å². The lowest BCUT2D eigenvalue weighted by molar-refractivity contribution is 0.508. The maximum absolute atomic E-state index is 5.88. The van der Waals surface area contributed by atoms with E-state index in [0.29, 0.717) is 23.4 Å². The molecule has 0 radical (unpaired) electrons. The van der Waals surface area contributed by atoms with E-state index in [1.165, 1.54) is 17.3 Å². The predicted molar refractivity (Wildman–Crippen MR) is 102 cm³/mol. The van der Waals surface area contributed by atoms with E-state index in [4.69, 9.17) is 8.83 Å². The first-order valence-electron chi connectivity index (χ1n) is 8.70.